The lowest BCUT2D eigenvalue weighted by molar-refractivity contribution is 0.145. The standard InChI is InChI=1S/C21H29N5O/c1-21(2)10-18(23-13-15-4-3-7-22-12-15)17-14-24-20(25-19(17)11-21)26-8-5-16(27)6-9-26/h3-4,7,12,14,16,18,23,27H,5-6,8-11,13H2,1-2H3. The first-order valence-electron chi connectivity index (χ1n) is 9.91. The summed E-state index contributed by atoms with van der Waals surface area (Å²) in [5, 5.41) is 13.4. The van der Waals surface area contributed by atoms with Crippen molar-refractivity contribution >= 4 is 5.95 Å². The monoisotopic (exact) mass is 367 g/mol. The molecule has 0 spiro atoms. The first-order valence-corrected chi connectivity index (χ1v) is 9.91. The van der Waals surface area contributed by atoms with Crippen LogP contribution in [0.1, 0.15) is 56.0 Å². The average molecular weight is 367 g/mol. The molecule has 1 aliphatic heterocycles. The van der Waals surface area contributed by atoms with E-state index in [1.165, 1.54) is 11.1 Å². The molecule has 1 atom stereocenters. The summed E-state index contributed by atoms with van der Waals surface area (Å²) in [6.45, 7) is 7.07. The Morgan fingerprint density at radius 2 is 2.07 bits per heavy atom. The van der Waals surface area contributed by atoms with Crippen LogP contribution in [0.2, 0.25) is 0 Å². The van der Waals surface area contributed by atoms with Crippen molar-refractivity contribution in [2.75, 3.05) is 18.0 Å². The zero-order chi connectivity index (χ0) is 18.9. The second-order valence-electron chi connectivity index (χ2n) is 8.63. The van der Waals surface area contributed by atoms with Crippen LogP contribution in [0.15, 0.2) is 30.7 Å². The van der Waals surface area contributed by atoms with Crippen LogP contribution in [0.5, 0.6) is 0 Å². The molecule has 27 heavy (non-hydrogen) atoms. The number of hydrogen-bond donors (Lipinski definition) is 2. The molecule has 1 fully saturated rings. The van der Waals surface area contributed by atoms with E-state index in [4.69, 9.17) is 4.98 Å². The van der Waals surface area contributed by atoms with E-state index in [0.717, 1.165) is 57.0 Å². The van der Waals surface area contributed by atoms with Crippen molar-refractivity contribution in [2.45, 2.75) is 58.2 Å². The van der Waals surface area contributed by atoms with Gasteiger partial charge in [0, 0.05) is 49.8 Å². The third-order valence-electron chi connectivity index (χ3n) is 5.69. The summed E-state index contributed by atoms with van der Waals surface area (Å²) in [4.78, 5) is 16.0. The number of hydrogen-bond acceptors (Lipinski definition) is 6. The zero-order valence-corrected chi connectivity index (χ0v) is 16.2. The fourth-order valence-electron chi connectivity index (χ4n) is 4.18. The molecular weight excluding hydrogens is 338 g/mol. The maximum absolute atomic E-state index is 9.74. The van der Waals surface area contributed by atoms with Gasteiger partial charge in [-0.2, -0.15) is 0 Å². The van der Waals surface area contributed by atoms with E-state index in [9.17, 15) is 5.11 Å². The van der Waals surface area contributed by atoms with E-state index in [0.29, 0.717) is 0 Å². The summed E-state index contributed by atoms with van der Waals surface area (Å²) in [6, 6.07) is 4.32. The molecule has 4 rings (SSSR count). The van der Waals surface area contributed by atoms with Crippen molar-refractivity contribution < 1.29 is 5.11 Å². The number of pyridine rings is 1. The molecule has 2 aliphatic rings. The summed E-state index contributed by atoms with van der Waals surface area (Å²) < 4.78 is 0. The fraction of sp³-hybridized carbons (Fsp3) is 0.571. The Kier molecular flexibility index (Phi) is 5.10. The minimum Gasteiger partial charge on any atom is -0.393 e. The normalized spacial score (nSPS) is 22.5. The number of fused-ring (bicyclic) bond motifs is 1. The van der Waals surface area contributed by atoms with Gasteiger partial charge in [0.15, 0.2) is 0 Å². The number of nitrogens with zero attached hydrogens (tertiary/aromatic N) is 4. The molecule has 3 heterocycles. The number of aromatic nitrogens is 3. The van der Waals surface area contributed by atoms with E-state index < -0.39 is 0 Å². The molecule has 1 unspecified atom stereocenters. The third kappa shape index (κ3) is 4.28. The van der Waals surface area contributed by atoms with Gasteiger partial charge in [0.2, 0.25) is 5.95 Å². The van der Waals surface area contributed by atoms with Gasteiger partial charge in [0.25, 0.3) is 0 Å². The molecule has 0 bridgehead atoms. The predicted octanol–water partition coefficient (Wildman–Crippen LogP) is 2.64. The lowest BCUT2D eigenvalue weighted by atomic mass is 9.74. The molecule has 0 aromatic carbocycles. The average Bonchev–Trinajstić information content (AvgIpc) is 2.66. The number of aliphatic hydroxyl groups is 1. The Hall–Kier alpha value is -2.05. The van der Waals surface area contributed by atoms with Crippen LogP contribution in [0.25, 0.3) is 0 Å². The highest BCUT2D eigenvalue weighted by molar-refractivity contribution is 5.37. The Labute approximate surface area is 161 Å². The van der Waals surface area contributed by atoms with Crippen LogP contribution in [-0.2, 0) is 13.0 Å². The maximum atomic E-state index is 9.74. The number of piperidine rings is 1. The van der Waals surface area contributed by atoms with E-state index in [1.54, 1.807) is 6.20 Å². The molecule has 6 heteroatoms. The number of nitrogens with one attached hydrogen (secondary N) is 1. The molecule has 0 saturated carbocycles. The molecule has 1 saturated heterocycles. The summed E-state index contributed by atoms with van der Waals surface area (Å²) in [6.07, 6.45) is 9.17. The maximum Gasteiger partial charge on any atom is 0.225 e. The van der Waals surface area contributed by atoms with Gasteiger partial charge < -0.3 is 15.3 Å². The minimum atomic E-state index is -0.182. The highest BCUT2D eigenvalue weighted by Crippen LogP contribution is 2.40. The Bertz CT molecular complexity index is 771. The molecule has 6 nitrogen and oxygen atoms in total. The van der Waals surface area contributed by atoms with Crippen LogP contribution in [-0.4, -0.2) is 39.3 Å². The van der Waals surface area contributed by atoms with Crippen molar-refractivity contribution in [2.24, 2.45) is 5.41 Å². The predicted molar refractivity (Wildman–Crippen MR) is 105 cm³/mol. The van der Waals surface area contributed by atoms with Gasteiger partial charge in [-0.05, 0) is 42.7 Å². The van der Waals surface area contributed by atoms with Crippen LogP contribution < -0.4 is 10.2 Å². The van der Waals surface area contributed by atoms with Gasteiger partial charge in [-0.15, -0.1) is 0 Å². The second kappa shape index (κ2) is 7.52. The molecular formula is C21H29N5O. The zero-order valence-electron chi connectivity index (χ0n) is 16.2. The van der Waals surface area contributed by atoms with Gasteiger partial charge in [-0.1, -0.05) is 19.9 Å². The number of aliphatic hydroxyl groups excluding tert-OH is 1. The summed E-state index contributed by atoms with van der Waals surface area (Å²) >= 11 is 0. The largest absolute Gasteiger partial charge is 0.393 e. The van der Waals surface area contributed by atoms with Crippen LogP contribution in [0, 0.1) is 5.41 Å². The van der Waals surface area contributed by atoms with Gasteiger partial charge >= 0.3 is 0 Å². The van der Waals surface area contributed by atoms with E-state index in [2.05, 4.69) is 40.1 Å². The van der Waals surface area contributed by atoms with Gasteiger partial charge in [0.1, 0.15) is 0 Å². The third-order valence-corrected chi connectivity index (χ3v) is 5.69. The molecule has 0 amide bonds. The Morgan fingerprint density at radius 3 is 2.81 bits per heavy atom. The molecule has 2 N–H and O–H groups in total. The molecule has 1 aliphatic carbocycles. The van der Waals surface area contributed by atoms with Crippen molar-refractivity contribution in [3.63, 3.8) is 0 Å². The second-order valence-corrected chi connectivity index (χ2v) is 8.63. The minimum absolute atomic E-state index is 0.182. The van der Waals surface area contributed by atoms with Gasteiger partial charge in [-0.25, -0.2) is 9.97 Å². The van der Waals surface area contributed by atoms with Gasteiger partial charge in [-0.3, -0.25) is 4.98 Å². The molecule has 0 radical (unpaired) electrons. The SMILES string of the molecule is CC1(C)Cc2nc(N3CCC(O)CC3)ncc2C(NCc2cccnc2)C1. The molecule has 2 aromatic heterocycles. The summed E-state index contributed by atoms with van der Waals surface area (Å²) in [7, 11) is 0. The number of anilines is 1. The quantitative estimate of drug-likeness (QED) is 0.865. The topological polar surface area (TPSA) is 74.2 Å². The fourth-order valence-corrected chi connectivity index (χ4v) is 4.18. The summed E-state index contributed by atoms with van der Waals surface area (Å²) in [5.41, 5.74) is 3.76. The van der Waals surface area contributed by atoms with Crippen LogP contribution >= 0.6 is 0 Å². The van der Waals surface area contributed by atoms with Crippen molar-refractivity contribution in [1.82, 2.24) is 20.3 Å². The van der Waals surface area contributed by atoms with Crippen molar-refractivity contribution in [1.29, 1.82) is 0 Å². The Balaban J connectivity index is 1.54. The Morgan fingerprint density at radius 1 is 1.26 bits per heavy atom. The lowest BCUT2D eigenvalue weighted by Gasteiger charge is -2.37. The van der Waals surface area contributed by atoms with E-state index >= 15 is 0 Å². The molecule has 144 valence electrons. The first-order chi connectivity index (χ1) is 13.0. The first kappa shape index (κ1) is 18.3. The highest BCUT2D eigenvalue weighted by Gasteiger charge is 2.34. The van der Waals surface area contributed by atoms with E-state index in [1.807, 2.05) is 18.5 Å². The van der Waals surface area contributed by atoms with Crippen molar-refractivity contribution in [3.05, 3.63) is 47.5 Å². The van der Waals surface area contributed by atoms with E-state index in [-0.39, 0.29) is 17.6 Å². The van der Waals surface area contributed by atoms with Gasteiger partial charge in [0.05, 0.1) is 11.8 Å². The number of rotatable bonds is 4. The highest BCUT2D eigenvalue weighted by atomic mass is 16.3. The molecule has 2 aromatic rings. The van der Waals surface area contributed by atoms with Crippen molar-refractivity contribution in [3.8, 4) is 0 Å². The smallest absolute Gasteiger partial charge is 0.225 e. The van der Waals surface area contributed by atoms with Crippen LogP contribution in [0.3, 0.4) is 0 Å². The van der Waals surface area contributed by atoms with Crippen LogP contribution in [0.4, 0.5) is 5.95 Å². The summed E-state index contributed by atoms with van der Waals surface area (Å²) in [5.74, 6) is 0.810. The lowest BCUT2D eigenvalue weighted by Crippen LogP contribution is -2.38.